The molecule has 0 radical (unpaired) electrons. The molecule has 0 bridgehead atoms. The second kappa shape index (κ2) is 4.56. The fourth-order valence-electron chi connectivity index (χ4n) is 1.10. The molecule has 0 unspecified atom stereocenters. The molecule has 0 amide bonds. The van der Waals surface area contributed by atoms with Crippen molar-refractivity contribution < 1.29 is 9.18 Å². The van der Waals surface area contributed by atoms with Gasteiger partial charge in [0.25, 0.3) is 0 Å². The molecule has 74 valence electrons. The van der Waals surface area contributed by atoms with Crippen molar-refractivity contribution in [3.8, 4) is 0 Å². The Labute approximate surface area is 82.2 Å². The second-order valence-corrected chi connectivity index (χ2v) is 3.04. The van der Waals surface area contributed by atoms with Gasteiger partial charge in [0, 0.05) is 17.7 Å². The summed E-state index contributed by atoms with van der Waals surface area (Å²) in [6.07, 6.45) is 4.25. The van der Waals surface area contributed by atoms with Gasteiger partial charge in [0.15, 0.2) is 0 Å². The summed E-state index contributed by atoms with van der Waals surface area (Å²) in [5, 5.41) is 0. The van der Waals surface area contributed by atoms with Gasteiger partial charge in [-0.15, -0.1) is 0 Å². The van der Waals surface area contributed by atoms with Crippen LogP contribution in [0.4, 0.5) is 10.1 Å². The number of rotatable bonds is 3. The number of nitrogen functional groups attached to an aromatic ring is 1. The van der Waals surface area contributed by atoms with Crippen molar-refractivity contribution in [1.82, 2.24) is 0 Å². The molecule has 0 aliphatic carbocycles. The highest BCUT2D eigenvalue weighted by atomic mass is 19.1. The van der Waals surface area contributed by atoms with Gasteiger partial charge in [-0.3, -0.25) is 0 Å². The van der Waals surface area contributed by atoms with Crippen molar-refractivity contribution in [2.24, 2.45) is 0 Å². The monoisotopic (exact) mass is 193 g/mol. The average Bonchev–Trinajstić information content (AvgIpc) is 2.14. The topological polar surface area (TPSA) is 43.1 Å². The molecule has 1 aromatic rings. The number of halogens is 1. The molecular weight excluding hydrogens is 181 g/mol. The maximum absolute atomic E-state index is 13.2. The minimum atomic E-state index is -0.366. The van der Waals surface area contributed by atoms with E-state index in [2.05, 4.69) is 0 Å². The summed E-state index contributed by atoms with van der Waals surface area (Å²) in [6, 6.07) is 2.95. The fourth-order valence-corrected chi connectivity index (χ4v) is 1.10. The van der Waals surface area contributed by atoms with Crippen LogP contribution in [0.25, 0.3) is 6.08 Å². The van der Waals surface area contributed by atoms with E-state index in [1.54, 1.807) is 18.2 Å². The van der Waals surface area contributed by atoms with Crippen LogP contribution in [0.2, 0.25) is 0 Å². The number of aryl methyl sites for hydroxylation is 1. The number of hydrogen-bond acceptors (Lipinski definition) is 2. The summed E-state index contributed by atoms with van der Waals surface area (Å²) in [7, 11) is 0. The number of allylic oxidation sites excluding steroid dienone is 1. The third kappa shape index (κ3) is 2.42. The Morgan fingerprint density at radius 1 is 1.50 bits per heavy atom. The van der Waals surface area contributed by atoms with Gasteiger partial charge >= 0.3 is 0 Å². The predicted molar refractivity (Wildman–Crippen MR) is 55.3 cm³/mol. The van der Waals surface area contributed by atoms with E-state index >= 15 is 0 Å². The molecular formula is C11H12FNO. The maximum Gasteiger partial charge on any atom is 0.132 e. The van der Waals surface area contributed by atoms with Crippen molar-refractivity contribution in [2.45, 2.75) is 13.3 Å². The SMILES string of the molecule is Cc1cc(C=CCC=O)c(F)cc1N. The van der Waals surface area contributed by atoms with Gasteiger partial charge in [0.1, 0.15) is 12.1 Å². The zero-order valence-corrected chi connectivity index (χ0v) is 7.96. The highest BCUT2D eigenvalue weighted by molar-refractivity contribution is 5.61. The van der Waals surface area contributed by atoms with Crippen LogP contribution >= 0.6 is 0 Å². The molecule has 2 nitrogen and oxygen atoms in total. The first kappa shape index (κ1) is 10.4. The van der Waals surface area contributed by atoms with Crippen LogP contribution in [-0.4, -0.2) is 6.29 Å². The third-order valence-electron chi connectivity index (χ3n) is 1.92. The lowest BCUT2D eigenvalue weighted by Gasteiger charge is -2.02. The van der Waals surface area contributed by atoms with Gasteiger partial charge in [0.2, 0.25) is 0 Å². The molecule has 14 heavy (non-hydrogen) atoms. The van der Waals surface area contributed by atoms with Crippen LogP contribution in [-0.2, 0) is 4.79 Å². The molecule has 0 fully saturated rings. The van der Waals surface area contributed by atoms with E-state index < -0.39 is 0 Å². The normalized spacial score (nSPS) is 10.7. The third-order valence-corrected chi connectivity index (χ3v) is 1.92. The quantitative estimate of drug-likeness (QED) is 0.591. The molecule has 0 saturated carbocycles. The lowest BCUT2D eigenvalue weighted by atomic mass is 10.1. The number of hydrogen-bond donors (Lipinski definition) is 1. The second-order valence-electron chi connectivity index (χ2n) is 3.04. The van der Waals surface area contributed by atoms with Crippen molar-refractivity contribution >= 4 is 18.0 Å². The summed E-state index contributed by atoms with van der Waals surface area (Å²) >= 11 is 0. The van der Waals surface area contributed by atoms with Gasteiger partial charge < -0.3 is 10.5 Å². The number of anilines is 1. The number of benzene rings is 1. The lowest BCUT2D eigenvalue weighted by Crippen LogP contribution is -1.93. The van der Waals surface area contributed by atoms with Crippen molar-refractivity contribution in [3.05, 3.63) is 35.2 Å². The lowest BCUT2D eigenvalue weighted by molar-refractivity contribution is -0.107. The van der Waals surface area contributed by atoms with Crippen LogP contribution in [0.5, 0.6) is 0 Å². The molecule has 0 spiro atoms. The Bertz CT molecular complexity index is 372. The summed E-state index contributed by atoms with van der Waals surface area (Å²) in [6.45, 7) is 1.81. The Balaban J connectivity index is 2.97. The molecule has 0 aliphatic heterocycles. The van der Waals surface area contributed by atoms with E-state index in [-0.39, 0.29) is 5.82 Å². The van der Waals surface area contributed by atoms with Crippen LogP contribution in [0.3, 0.4) is 0 Å². The standard InChI is InChI=1S/C11H12FNO/c1-8-6-9(4-2-3-5-14)10(12)7-11(8)13/h2,4-7H,3,13H2,1H3. The highest BCUT2D eigenvalue weighted by Crippen LogP contribution is 2.18. The molecule has 0 aromatic heterocycles. The van der Waals surface area contributed by atoms with Crippen LogP contribution in [0, 0.1) is 12.7 Å². The summed E-state index contributed by atoms with van der Waals surface area (Å²) in [4.78, 5) is 10.0. The Hall–Kier alpha value is -1.64. The first-order chi connectivity index (χ1) is 6.65. The van der Waals surface area contributed by atoms with Gasteiger partial charge in [-0.05, 0) is 24.6 Å². The van der Waals surface area contributed by atoms with E-state index in [0.717, 1.165) is 11.8 Å². The molecule has 0 atom stereocenters. The molecule has 2 N–H and O–H groups in total. The first-order valence-corrected chi connectivity index (χ1v) is 4.31. The molecule has 1 rings (SSSR count). The minimum Gasteiger partial charge on any atom is -0.398 e. The van der Waals surface area contributed by atoms with Gasteiger partial charge in [-0.1, -0.05) is 12.2 Å². The van der Waals surface area contributed by atoms with E-state index in [1.807, 2.05) is 6.92 Å². The number of nitrogens with two attached hydrogens (primary N) is 1. The molecule has 0 aliphatic rings. The first-order valence-electron chi connectivity index (χ1n) is 4.31. The Morgan fingerprint density at radius 3 is 2.86 bits per heavy atom. The van der Waals surface area contributed by atoms with Gasteiger partial charge in [0.05, 0.1) is 0 Å². The number of aldehydes is 1. The highest BCUT2D eigenvalue weighted by Gasteiger charge is 2.01. The van der Waals surface area contributed by atoms with Crippen LogP contribution < -0.4 is 5.73 Å². The molecule has 3 heteroatoms. The maximum atomic E-state index is 13.2. The Morgan fingerprint density at radius 2 is 2.21 bits per heavy atom. The van der Waals surface area contributed by atoms with Crippen LogP contribution in [0.1, 0.15) is 17.5 Å². The number of carbonyl (C=O) groups is 1. The zero-order chi connectivity index (χ0) is 10.6. The average molecular weight is 193 g/mol. The van der Waals surface area contributed by atoms with Gasteiger partial charge in [-0.25, -0.2) is 4.39 Å². The smallest absolute Gasteiger partial charge is 0.132 e. The molecule has 0 saturated heterocycles. The van der Waals surface area contributed by atoms with E-state index in [0.29, 0.717) is 17.7 Å². The Kier molecular flexibility index (Phi) is 3.40. The van der Waals surface area contributed by atoms with E-state index in [4.69, 9.17) is 5.73 Å². The summed E-state index contributed by atoms with van der Waals surface area (Å²) in [5.74, 6) is -0.366. The van der Waals surface area contributed by atoms with Crippen molar-refractivity contribution in [1.29, 1.82) is 0 Å². The van der Waals surface area contributed by atoms with Crippen molar-refractivity contribution in [3.63, 3.8) is 0 Å². The van der Waals surface area contributed by atoms with Crippen molar-refractivity contribution in [2.75, 3.05) is 5.73 Å². The zero-order valence-electron chi connectivity index (χ0n) is 7.96. The number of carbonyl (C=O) groups excluding carboxylic acids is 1. The van der Waals surface area contributed by atoms with E-state index in [1.165, 1.54) is 6.07 Å². The summed E-state index contributed by atoms with van der Waals surface area (Å²) in [5.41, 5.74) is 7.25. The van der Waals surface area contributed by atoms with E-state index in [9.17, 15) is 9.18 Å². The largest absolute Gasteiger partial charge is 0.398 e. The minimum absolute atomic E-state index is 0.295. The van der Waals surface area contributed by atoms with Crippen LogP contribution in [0.15, 0.2) is 18.2 Å². The summed E-state index contributed by atoms with van der Waals surface area (Å²) < 4.78 is 13.2. The fraction of sp³-hybridized carbons (Fsp3) is 0.182. The molecule has 0 heterocycles. The van der Waals surface area contributed by atoms with Gasteiger partial charge in [-0.2, -0.15) is 0 Å². The molecule has 1 aromatic carbocycles. The predicted octanol–water partition coefficient (Wildman–Crippen LogP) is 2.32.